The predicted octanol–water partition coefficient (Wildman–Crippen LogP) is 38.1. The molecule has 6 atom stereocenters. The minimum absolute atomic E-state index is 0.00280. The molecule has 0 bridgehead atoms. The zero-order valence-electron chi connectivity index (χ0n) is 81.0. The van der Waals surface area contributed by atoms with Crippen LogP contribution in [0.4, 0.5) is 26.3 Å². The maximum atomic E-state index is 18.9. The lowest BCUT2D eigenvalue weighted by atomic mass is 9.78. The van der Waals surface area contributed by atoms with E-state index in [1.54, 1.807) is 11.3 Å². The number of aromatic nitrogens is 6. The van der Waals surface area contributed by atoms with E-state index in [1.807, 2.05) is 24.3 Å². The van der Waals surface area contributed by atoms with Crippen LogP contribution in [0.25, 0.3) is 115 Å². The molecule has 131 heavy (non-hydrogen) atoms. The Bertz CT molecular complexity index is 5850. The number of ether oxygens (including phenoxy) is 3. The summed E-state index contributed by atoms with van der Waals surface area (Å²) in [4.78, 5) is 8.47. The summed E-state index contributed by atoms with van der Waals surface area (Å²) < 4.78 is 160. The van der Waals surface area contributed by atoms with Crippen molar-refractivity contribution in [2.24, 2.45) is 71.0 Å². The fourth-order valence-corrected chi connectivity index (χ4v) is 29.8. The molecule has 0 spiro atoms. The molecule has 9 aromatic heterocycles. The van der Waals surface area contributed by atoms with E-state index >= 15 is 26.3 Å². The molecule has 15 rings (SSSR count). The molecule has 3 aliphatic rings. The minimum atomic E-state index is -1.09. The van der Waals surface area contributed by atoms with Crippen LogP contribution in [0.5, 0.6) is 17.2 Å². The maximum Gasteiger partial charge on any atom is 0.170 e. The molecule has 12 heterocycles. The molecule has 710 valence electrons. The Labute approximate surface area is 812 Å². The first kappa shape index (κ1) is 99.8. The first-order valence-corrected chi connectivity index (χ1v) is 56.4. The average Bonchev–Trinajstić information content (AvgIpc) is 1.57. The van der Waals surface area contributed by atoms with Crippen LogP contribution in [0.15, 0.2) is 36.4 Å². The van der Waals surface area contributed by atoms with Gasteiger partial charge in [-0.1, -0.05) is 240 Å². The van der Waals surface area contributed by atoms with Crippen molar-refractivity contribution in [2.75, 3.05) is 0 Å². The van der Waals surface area contributed by atoms with Gasteiger partial charge in [0.05, 0.1) is 92.3 Å². The van der Waals surface area contributed by atoms with Gasteiger partial charge in [-0.3, -0.25) is 0 Å². The van der Waals surface area contributed by atoms with E-state index in [2.05, 4.69) is 152 Å². The lowest BCUT2D eigenvalue weighted by Gasteiger charge is -2.39. The summed E-state index contributed by atoms with van der Waals surface area (Å²) in [6.07, 6.45) is 29.3. The topological polar surface area (TPSA) is 105 Å². The van der Waals surface area contributed by atoms with E-state index < -0.39 is 51.7 Å². The van der Waals surface area contributed by atoms with Gasteiger partial charge in [0.15, 0.2) is 34.9 Å². The van der Waals surface area contributed by atoms with Gasteiger partial charge in [-0.25, -0.2) is 26.3 Å². The molecule has 12 aromatic rings. The highest BCUT2D eigenvalue weighted by molar-refractivity contribution is 7.27. The van der Waals surface area contributed by atoms with E-state index in [0.717, 1.165) is 223 Å². The third kappa shape index (κ3) is 21.6. The Morgan fingerprint density at radius 2 is 0.466 bits per heavy atom. The van der Waals surface area contributed by atoms with Gasteiger partial charge in [0.1, 0.15) is 67.2 Å². The summed E-state index contributed by atoms with van der Waals surface area (Å²) >= 11 is 11.3. The highest BCUT2D eigenvalue weighted by Gasteiger charge is 2.49. The third-order valence-corrected chi connectivity index (χ3v) is 37.6. The van der Waals surface area contributed by atoms with Gasteiger partial charge < -0.3 is 14.2 Å². The standard InChI is InChI=1S/C107H138F6N6O3S9/c1-57(2)27-21-33-63(13)39-45-105(46-40-64(14)34-22-28-58(3)4)71-52-78(124-99(71)102-74(120-105)51-69(19)123-102)83-89(110)91(112)85(97-95(83)116-130-118-97)81-56-76-104(128-81)101-73(107(122-76,49-43-67(17)37-25-31-61(9)10)50-44-68(18)38-26-32-62(11)12)54-79(126-101)84-90(111)92(113)86(98-96(84)117-131-119-98)80-55-75-103(127-80)100-72(53-77(125-100)82-88(109)87(108)70(20)93-94(82)115-129-114-93)106(121-75,47-41-65(15)35-23-29-59(5)6)48-42-66(16)36-24-30-60(7)8/h51-68H,21-50H2,1-20H3. The van der Waals surface area contributed by atoms with Crippen LogP contribution < -0.4 is 14.2 Å². The smallest absolute Gasteiger partial charge is 0.170 e. The molecule has 0 saturated carbocycles. The third-order valence-electron chi connectivity index (χ3n) is 28.8. The molecule has 24 heteroatoms. The van der Waals surface area contributed by atoms with E-state index in [4.69, 9.17) is 31.7 Å². The minimum Gasteiger partial charge on any atom is -0.481 e. The van der Waals surface area contributed by atoms with Crippen LogP contribution in [-0.2, 0) is 16.8 Å². The van der Waals surface area contributed by atoms with E-state index in [-0.39, 0.29) is 55.4 Å². The number of rotatable bonds is 47. The van der Waals surface area contributed by atoms with Crippen LogP contribution in [0.2, 0.25) is 0 Å². The Hall–Kier alpha value is -5.70. The van der Waals surface area contributed by atoms with Crippen LogP contribution >= 0.6 is 103 Å². The molecule has 9 nitrogen and oxygen atoms in total. The summed E-state index contributed by atoms with van der Waals surface area (Å²) in [5.41, 5.74) is 1.86. The number of hydrogen-bond donors (Lipinski definition) is 0. The van der Waals surface area contributed by atoms with Gasteiger partial charge >= 0.3 is 0 Å². The number of fused-ring (bicyclic) bond motifs is 12. The van der Waals surface area contributed by atoms with Gasteiger partial charge in [0, 0.05) is 51.5 Å². The summed E-state index contributed by atoms with van der Waals surface area (Å²) in [6.45, 7) is 45.0. The van der Waals surface area contributed by atoms with Crippen LogP contribution in [0.1, 0.15) is 344 Å². The molecule has 0 radical (unpaired) electrons. The summed E-state index contributed by atoms with van der Waals surface area (Å²) in [7, 11) is 0. The largest absolute Gasteiger partial charge is 0.481 e. The van der Waals surface area contributed by atoms with E-state index in [1.165, 1.54) is 89.3 Å². The zero-order valence-corrected chi connectivity index (χ0v) is 88.3. The van der Waals surface area contributed by atoms with E-state index in [9.17, 15) is 0 Å². The Morgan fingerprint density at radius 3 is 0.725 bits per heavy atom. The van der Waals surface area contributed by atoms with Crippen molar-refractivity contribution in [1.29, 1.82) is 0 Å². The first-order chi connectivity index (χ1) is 62.5. The molecule has 0 saturated heterocycles. The number of halogens is 6. The lowest BCUT2D eigenvalue weighted by Crippen LogP contribution is -2.36. The maximum absolute atomic E-state index is 18.9. The summed E-state index contributed by atoms with van der Waals surface area (Å²) in [5, 5.41) is 0. The number of benzene rings is 3. The van der Waals surface area contributed by atoms with Crippen molar-refractivity contribution in [3.63, 3.8) is 0 Å². The first-order valence-electron chi connectivity index (χ1n) is 49.3. The van der Waals surface area contributed by atoms with Gasteiger partial charge in [-0.15, -0.1) is 68.0 Å². The van der Waals surface area contributed by atoms with Crippen molar-refractivity contribution < 1.29 is 40.6 Å². The second-order valence-corrected chi connectivity index (χ2v) is 50.7. The van der Waals surface area contributed by atoms with Gasteiger partial charge in [0.25, 0.3) is 0 Å². The van der Waals surface area contributed by atoms with Crippen molar-refractivity contribution in [3.05, 3.63) is 98.4 Å². The van der Waals surface area contributed by atoms with Crippen molar-refractivity contribution >= 4 is 136 Å². The summed E-state index contributed by atoms with van der Waals surface area (Å²) in [6, 6.07) is 12.0. The SMILES string of the molecule is Cc1cc2c(s1)-c1sc(-c3c(F)c(F)c(-c4cc5c(s4)-c4sc(-c6c(F)c(F)c(-c7cc8c(s7)-c7sc(-c9c(F)c(F)c(C)c%10nsnc9%10)cc7C(CCC(C)CCCC(C)C)(CCC(C)CCCC(C)C)O8)c7nsnc67)cc4C(CCC(C)CCCC(C)C)(CCC(C)CCCC(C)C)O5)c4nsnc34)cc1C(CCC(C)CCCC(C)C)(CCC(C)CCCC(C)C)O2. The number of hydrogen-bond acceptors (Lipinski definition) is 18. The molecular formula is C107H138F6N6O3S9. The zero-order chi connectivity index (χ0) is 93.4. The lowest BCUT2D eigenvalue weighted by molar-refractivity contribution is 0.0322. The normalized spacial score (nSPS) is 18.0. The van der Waals surface area contributed by atoms with Crippen molar-refractivity contribution in [1.82, 2.24) is 26.2 Å². The second kappa shape index (κ2) is 42.7. The molecule has 6 unspecified atom stereocenters. The fraction of sp³-hybridized carbons (Fsp3) is 0.607. The van der Waals surface area contributed by atoms with Crippen LogP contribution in [0.3, 0.4) is 0 Å². The van der Waals surface area contributed by atoms with Crippen LogP contribution in [-0.4, -0.2) is 26.2 Å². The molecule has 3 aromatic carbocycles. The van der Waals surface area contributed by atoms with Crippen molar-refractivity contribution in [2.45, 2.75) is 348 Å². The van der Waals surface area contributed by atoms with Gasteiger partial charge in [0.2, 0.25) is 0 Å². The molecule has 0 N–H and O–H groups in total. The highest BCUT2D eigenvalue weighted by atomic mass is 32.1. The van der Waals surface area contributed by atoms with Crippen molar-refractivity contribution in [3.8, 4) is 98.7 Å². The Morgan fingerprint density at radius 1 is 0.252 bits per heavy atom. The quantitative estimate of drug-likeness (QED) is 0.0345. The Kier molecular flexibility index (Phi) is 32.5. The fourth-order valence-electron chi connectivity index (χ4n) is 20.6. The predicted molar refractivity (Wildman–Crippen MR) is 549 cm³/mol. The molecule has 0 aliphatic carbocycles. The molecule has 3 aliphatic heterocycles. The van der Waals surface area contributed by atoms with Gasteiger partial charge in [-0.2, -0.15) is 26.2 Å². The number of nitrogens with zero attached hydrogens (tertiary/aromatic N) is 6. The molecular weight excluding hydrogens is 1820 g/mol. The molecule has 0 fully saturated rings. The van der Waals surface area contributed by atoms with Crippen LogP contribution in [0, 0.1) is 120 Å². The second-order valence-electron chi connectivity index (χ2n) is 42.6. The van der Waals surface area contributed by atoms with E-state index in [0.29, 0.717) is 153 Å². The molecule has 0 amide bonds. The Balaban J connectivity index is 0.854. The van der Waals surface area contributed by atoms with Gasteiger partial charge in [-0.05, 0) is 198 Å². The summed E-state index contributed by atoms with van der Waals surface area (Å²) in [5.74, 6) is 1.58. The highest BCUT2D eigenvalue weighted by Crippen LogP contribution is 2.65. The average molecular weight is 1960 g/mol. The number of aryl methyl sites for hydroxylation is 2. The monoisotopic (exact) mass is 1960 g/mol. The number of thiophene rings is 6.